The highest BCUT2D eigenvalue weighted by Crippen LogP contribution is 1.99. The molecule has 0 aliphatic carbocycles. The highest BCUT2D eigenvalue weighted by molar-refractivity contribution is 5.67. The van der Waals surface area contributed by atoms with Gasteiger partial charge in [-0.05, 0) is 26.0 Å². The van der Waals surface area contributed by atoms with E-state index in [4.69, 9.17) is 4.84 Å². The number of hydroxylamine groups is 1. The maximum atomic E-state index is 11.4. The van der Waals surface area contributed by atoms with Crippen molar-refractivity contribution in [2.45, 2.75) is 13.8 Å². The van der Waals surface area contributed by atoms with Gasteiger partial charge in [-0.2, -0.15) is 0 Å². The second-order valence-electron chi connectivity index (χ2n) is 2.69. The minimum absolute atomic E-state index is 0.359. The van der Waals surface area contributed by atoms with Crippen LogP contribution >= 0.6 is 0 Å². The Balaban J connectivity index is 2.39. The minimum Gasteiger partial charge on any atom is -0.307 e. The predicted octanol–water partition coefficient (Wildman–Crippen LogP) is 1.23. The summed E-state index contributed by atoms with van der Waals surface area (Å²) >= 11 is 0. The van der Waals surface area contributed by atoms with Crippen molar-refractivity contribution in [3.8, 4) is 0 Å². The van der Waals surface area contributed by atoms with E-state index in [-0.39, 0.29) is 6.09 Å². The van der Waals surface area contributed by atoms with Gasteiger partial charge in [0.15, 0.2) is 0 Å². The molecule has 5 heteroatoms. The molecule has 78 valence electrons. The number of nitrogens with zero attached hydrogens (tertiary/aromatic N) is 2. The van der Waals surface area contributed by atoms with E-state index in [0.29, 0.717) is 13.1 Å². The minimum atomic E-state index is -0.359. The number of carbonyl (C=O) groups is 1. The molecule has 5 nitrogen and oxygen atoms in total. The molecular formula is C9H15N3O2. The Morgan fingerprint density at radius 3 is 2.64 bits per heavy atom. The second kappa shape index (κ2) is 5.16. The molecule has 1 amide bonds. The lowest BCUT2D eigenvalue weighted by atomic mass is 10.5. The molecule has 1 aliphatic rings. The third-order valence-electron chi connectivity index (χ3n) is 1.83. The Morgan fingerprint density at radius 1 is 1.43 bits per heavy atom. The van der Waals surface area contributed by atoms with Crippen LogP contribution in [-0.2, 0) is 4.84 Å². The highest BCUT2D eigenvalue weighted by Gasteiger charge is 2.14. The zero-order valence-electron chi connectivity index (χ0n) is 8.43. The summed E-state index contributed by atoms with van der Waals surface area (Å²) in [4.78, 5) is 18.0. The van der Waals surface area contributed by atoms with Gasteiger partial charge in [-0.25, -0.2) is 4.79 Å². The summed E-state index contributed by atoms with van der Waals surface area (Å²) in [6, 6.07) is 0. The molecule has 1 aliphatic heterocycles. The maximum absolute atomic E-state index is 11.4. The third-order valence-corrected chi connectivity index (χ3v) is 1.83. The fourth-order valence-corrected chi connectivity index (χ4v) is 1.02. The Hall–Kier alpha value is -1.65. The van der Waals surface area contributed by atoms with Crippen LogP contribution in [0.1, 0.15) is 13.8 Å². The first-order chi connectivity index (χ1) is 6.77. The van der Waals surface area contributed by atoms with Crippen molar-refractivity contribution >= 4 is 6.09 Å². The Labute approximate surface area is 83.5 Å². The summed E-state index contributed by atoms with van der Waals surface area (Å²) in [6.07, 6.45) is 6.52. The van der Waals surface area contributed by atoms with Crippen LogP contribution < -0.4 is 5.43 Å². The topological polar surface area (TPSA) is 44.8 Å². The molecule has 1 heterocycles. The Morgan fingerprint density at radius 2 is 2.14 bits per heavy atom. The third kappa shape index (κ3) is 2.69. The van der Waals surface area contributed by atoms with Crippen LogP contribution in [0.4, 0.5) is 4.79 Å². The summed E-state index contributed by atoms with van der Waals surface area (Å²) in [5.41, 5.74) is 2.75. The summed E-state index contributed by atoms with van der Waals surface area (Å²) in [5.74, 6) is 0. The molecule has 1 rings (SSSR count). The lowest BCUT2D eigenvalue weighted by molar-refractivity contribution is -0.1000. The van der Waals surface area contributed by atoms with Gasteiger partial charge in [0, 0.05) is 19.3 Å². The van der Waals surface area contributed by atoms with Crippen molar-refractivity contribution in [1.29, 1.82) is 0 Å². The van der Waals surface area contributed by atoms with E-state index in [9.17, 15) is 4.79 Å². The normalized spacial score (nSPS) is 13.7. The van der Waals surface area contributed by atoms with Gasteiger partial charge >= 0.3 is 6.09 Å². The van der Waals surface area contributed by atoms with Gasteiger partial charge in [0.05, 0.1) is 6.20 Å². The standard InChI is InChI=1S/C9H15N3O2/c1-3-11(4-2)9(13)14-12-8-6-5-7-10-12/h5-8,10H,3-4H2,1-2H3. The van der Waals surface area contributed by atoms with E-state index in [1.165, 1.54) is 5.17 Å². The number of hydrogen-bond donors (Lipinski definition) is 1. The average Bonchev–Trinajstić information content (AvgIpc) is 2.21. The molecule has 0 radical (unpaired) electrons. The van der Waals surface area contributed by atoms with E-state index < -0.39 is 0 Å². The van der Waals surface area contributed by atoms with Crippen molar-refractivity contribution in [1.82, 2.24) is 15.5 Å². The van der Waals surface area contributed by atoms with Crippen LogP contribution in [0.25, 0.3) is 0 Å². The van der Waals surface area contributed by atoms with Gasteiger partial charge in [-0.1, -0.05) is 0 Å². The summed E-state index contributed by atoms with van der Waals surface area (Å²) in [5, 5.41) is 1.26. The number of carbonyl (C=O) groups excluding carboxylic acids is 1. The van der Waals surface area contributed by atoms with Crippen LogP contribution in [0, 0.1) is 0 Å². The number of allylic oxidation sites excluding steroid dienone is 2. The monoisotopic (exact) mass is 197 g/mol. The summed E-state index contributed by atoms with van der Waals surface area (Å²) in [7, 11) is 0. The molecular weight excluding hydrogens is 182 g/mol. The van der Waals surface area contributed by atoms with Crippen LogP contribution in [0.5, 0.6) is 0 Å². The molecule has 0 aromatic heterocycles. The lowest BCUT2D eigenvalue weighted by Crippen LogP contribution is -2.39. The van der Waals surface area contributed by atoms with Crippen LogP contribution in [-0.4, -0.2) is 29.3 Å². The van der Waals surface area contributed by atoms with Crippen LogP contribution in [0.2, 0.25) is 0 Å². The van der Waals surface area contributed by atoms with Crippen molar-refractivity contribution < 1.29 is 9.63 Å². The molecule has 0 fully saturated rings. The zero-order valence-corrected chi connectivity index (χ0v) is 8.43. The number of rotatable bonds is 3. The fraction of sp³-hybridized carbons (Fsp3) is 0.444. The summed E-state index contributed by atoms with van der Waals surface area (Å²) < 4.78 is 0. The SMILES string of the molecule is CCN(CC)C(=O)ON1C=CC=CN1. The van der Waals surface area contributed by atoms with Gasteiger partial charge in [0.2, 0.25) is 0 Å². The zero-order chi connectivity index (χ0) is 10.4. The van der Waals surface area contributed by atoms with Gasteiger partial charge in [-0.3, -0.25) is 5.43 Å². The first-order valence-electron chi connectivity index (χ1n) is 4.63. The number of hydrogen-bond acceptors (Lipinski definition) is 4. The average molecular weight is 197 g/mol. The van der Waals surface area contributed by atoms with Gasteiger partial charge in [0.25, 0.3) is 0 Å². The Bertz CT molecular complexity index is 246. The number of hydrazine groups is 1. The van der Waals surface area contributed by atoms with Crippen molar-refractivity contribution in [3.63, 3.8) is 0 Å². The highest BCUT2D eigenvalue weighted by atomic mass is 16.7. The molecule has 0 atom stereocenters. The Kier molecular flexibility index (Phi) is 3.84. The van der Waals surface area contributed by atoms with Crippen LogP contribution in [0.3, 0.4) is 0 Å². The largest absolute Gasteiger partial charge is 0.435 e. The number of nitrogens with one attached hydrogen (secondary N) is 1. The summed E-state index contributed by atoms with van der Waals surface area (Å²) in [6.45, 7) is 5.10. The molecule has 0 aromatic carbocycles. The van der Waals surface area contributed by atoms with Gasteiger partial charge < -0.3 is 9.74 Å². The predicted molar refractivity (Wildman–Crippen MR) is 52.7 cm³/mol. The molecule has 0 saturated carbocycles. The van der Waals surface area contributed by atoms with Gasteiger partial charge in [0.1, 0.15) is 0 Å². The van der Waals surface area contributed by atoms with Crippen molar-refractivity contribution in [2.24, 2.45) is 0 Å². The molecule has 0 saturated heterocycles. The van der Waals surface area contributed by atoms with Crippen molar-refractivity contribution in [3.05, 3.63) is 24.6 Å². The van der Waals surface area contributed by atoms with E-state index in [2.05, 4.69) is 5.43 Å². The lowest BCUT2D eigenvalue weighted by Gasteiger charge is -2.24. The van der Waals surface area contributed by atoms with Crippen LogP contribution in [0.15, 0.2) is 24.6 Å². The first kappa shape index (κ1) is 10.4. The molecule has 0 aromatic rings. The smallest absolute Gasteiger partial charge is 0.307 e. The van der Waals surface area contributed by atoms with Gasteiger partial charge in [-0.15, -0.1) is 5.17 Å². The molecule has 0 unspecified atom stereocenters. The van der Waals surface area contributed by atoms with E-state index in [0.717, 1.165) is 0 Å². The molecule has 0 spiro atoms. The molecule has 14 heavy (non-hydrogen) atoms. The molecule has 0 bridgehead atoms. The fourth-order valence-electron chi connectivity index (χ4n) is 1.02. The van der Waals surface area contributed by atoms with E-state index in [1.54, 1.807) is 23.4 Å². The second-order valence-corrected chi connectivity index (χ2v) is 2.69. The van der Waals surface area contributed by atoms with E-state index in [1.807, 2.05) is 19.9 Å². The maximum Gasteiger partial charge on any atom is 0.435 e. The first-order valence-corrected chi connectivity index (χ1v) is 4.63. The quantitative estimate of drug-likeness (QED) is 0.739. The number of amides is 1. The molecule has 1 N–H and O–H groups in total. The van der Waals surface area contributed by atoms with Crippen molar-refractivity contribution in [2.75, 3.05) is 13.1 Å². The van der Waals surface area contributed by atoms with E-state index >= 15 is 0 Å².